The van der Waals surface area contributed by atoms with Gasteiger partial charge in [-0.2, -0.15) is 5.10 Å². The second-order valence-electron chi connectivity index (χ2n) is 7.63. The molecule has 0 radical (unpaired) electrons. The Labute approximate surface area is 180 Å². The first-order valence-corrected chi connectivity index (χ1v) is 11.5. The first kappa shape index (κ1) is 21.7. The van der Waals surface area contributed by atoms with Crippen molar-refractivity contribution < 1.29 is 9.59 Å². The van der Waals surface area contributed by atoms with Crippen LogP contribution >= 0.6 is 23.6 Å². The number of hydrogen-bond donors (Lipinski definition) is 2. The van der Waals surface area contributed by atoms with Gasteiger partial charge in [0.15, 0.2) is 10.6 Å². The fraction of sp³-hybridized carbons (Fsp3) is 0.600. The van der Waals surface area contributed by atoms with Gasteiger partial charge in [0.25, 0.3) is 0 Å². The molecule has 1 fully saturated rings. The van der Waals surface area contributed by atoms with E-state index in [9.17, 15) is 9.59 Å². The normalized spacial score (nSPS) is 20.4. The summed E-state index contributed by atoms with van der Waals surface area (Å²) in [6.07, 6.45) is 3.64. The number of amides is 2. The maximum absolute atomic E-state index is 13.4. The molecule has 2 amide bonds. The van der Waals surface area contributed by atoms with Crippen molar-refractivity contribution in [1.82, 2.24) is 25.0 Å². The molecule has 1 saturated heterocycles. The third-order valence-corrected chi connectivity index (χ3v) is 6.71. The molecule has 3 rings (SSSR count). The van der Waals surface area contributed by atoms with E-state index in [1.165, 1.54) is 0 Å². The lowest BCUT2D eigenvalue weighted by atomic mass is 9.92. The molecule has 0 saturated carbocycles. The number of carbonyl (C=O) groups is 2. The van der Waals surface area contributed by atoms with Gasteiger partial charge in [0, 0.05) is 19.1 Å². The summed E-state index contributed by atoms with van der Waals surface area (Å²) >= 11 is 6.97. The summed E-state index contributed by atoms with van der Waals surface area (Å²) in [6, 6.07) is 3.51. The Hall–Kier alpha value is -2.00. The van der Waals surface area contributed by atoms with E-state index < -0.39 is 6.04 Å². The van der Waals surface area contributed by atoms with Gasteiger partial charge in [-0.25, -0.2) is 0 Å². The van der Waals surface area contributed by atoms with Gasteiger partial charge in [-0.15, -0.1) is 11.3 Å². The maximum Gasteiger partial charge on any atom is 0.245 e. The lowest BCUT2D eigenvalue weighted by molar-refractivity contribution is -0.141. The minimum absolute atomic E-state index is 0.0288. The zero-order valence-corrected chi connectivity index (χ0v) is 18.8. The fourth-order valence-electron chi connectivity index (χ4n) is 3.75. The molecular formula is C20H29N5O2S2. The van der Waals surface area contributed by atoms with Crippen molar-refractivity contribution in [2.75, 3.05) is 13.1 Å². The number of nitrogens with one attached hydrogen (secondary N) is 2. The van der Waals surface area contributed by atoms with Crippen molar-refractivity contribution >= 4 is 35.4 Å². The van der Waals surface area contributed by atoms with Crippen molar-refractivity contribution in [2.24, 2.45) is 5.92 Å². The van der Waals surface area contributed by atoms with Crippen LogP contribution in [0.1, 0.15) is 52.5 Å². The van der Waals surface area contributed by atoms with Crippen LogP contribution < -0.4 is 5.32 Å². The Morgan fingerprint density at radius 1 is 1.45 bits per heavy atom. The number of carbonyl (C=O) groups excluding carboxylic acids is 2. The number of H-pyrrole nitrogens is 1. The van der Waals surface area contributed by atoms with Crippen LogP contribution in [0.2, 0.25) is 0 Å². The molecule has 9 heteroatoms. The number of nitrogens with zero attached hydrogens (tertiary/aromatic N) is 3. The lowest BCUT2D eigenvalue weighted by Gasteiger charge is -2.39. The summed E-state index contributed by atoms with van der Waals surface area (Å²) < 4.78 is 2.20. The number of likely N-dealkylation sites (tertiary alicyclic amines) is 1. The number of aromatic nitrogens is 3. The number of rotatable bonds is 7. The average molecular weight is 436 g/mol. The van der Waals surface area contributed by atoms with Crippen LogP contribution in [-0.2, 0) is 9.59 Å². The van der Waals surface area contributed by atoms with E-state index in [1.807, 2.05) is 36.3 Å². The Bertz CT molecular complexity index is 889. The monoisotopic (exact) mass is 435 g/mol. The molecule has 2 aromatic heterocycles. The topological polar surface area (TPSA) is 83.0 Å². The molecule has 3 heterocycles. The quantitative estimate of drug-likeness (QED) is 0.512. The molecule has 3 atom stereocenters. The molecule has 0 spiro atoms. The summed E-state index contributed by atoms with van der Waals surface area (Å²) in [5, 5.41) is 12.1. The molecular weight excluding hydrogens is 406 g/mol. The zero-order valence-electron chi connectivity index (χ0n) is 17.2. The van der Waals surface area contributed by atoms with Gasteiger partial charge in [0.1, 0.15) is 6.04 Å². The summed E-state index contributed by atoms with van der Waals surface area (Å²) in [4.78, 5) is 28.7. The molecule has 3 unspecified atom stereocenters. The molecule has 1 aliphatic heterocycles. The van der Waals surface area contributed by atoms with Crippen LogP contribution in [0.4, 0.5) is 0 Å². The second kappa shape index (κ2) is 9.67. The van der Waals surface area contributed by atoms with Gasteiger partial charge in [0.2, 0.25) is 11.8 Å². The maximum atomic E-state index is 13.4. The van der Waals surface area contributed by atoms with Gasteiger partial charge in [0.05, 0.1) is 10.8 Å². The van der Waals surface area contributed by atoms with Gasteiger partial charge in [-0.05, 0) is 56.8 Å². The standard InChI is InChI=1S/C20H29N5O2S2/c1-4-5-10-21-18(26)15-9-8-13(2)24(12-15)19(27)14(3)25-17(22-23-20(25)28)16-7-6-11-29-16/h6-7,11,13-15H,4-5,8-10,12H2,1-3H3,(H,21,26)(H,23,28). The van der Waals surface area contributed by atoms with E-state index in [1.54, 1.807) is 15.9 Å². The van der Waals surface area contributed by atoms with Crippen molar-refractivity contribution in [1.29, 1.82) is 0 Å². The van der Waals surface area contributed by atoms with Crippen LogP contribution in [0.3, 0.4) is 0 Å². The fourth-order valence-corrected chi connectivity index (χ4v) is 4.76. The summed E-state index contributed by atoms with van der Waals surface area (Å²) in [6.45, 7) is 7.14. The Morgan fingerprint density at radius 2 is 2.24 bits per heavy atom. The minimum Gasteiger partial charge on any atom is -0.356 e. The van der Waals surface area contributed by atoms with Gasteiger partial charge in [-0.3, -0.25) is 19.3 Å². The molecule has 0 aliphatic carbocycles. The largest absolute Gasteiger partial charge is 0.356 e. The number of aromatic amines is 1. The first-order chi connectivity index (χ1) is 13.9. The highest BCUT2D eigenvalue weighted by Crippen LogP contribution is 2.29. The van der Waals surface area contributed by atoms with Crippen LogP contribution in [0.15, 0.2) is 17.5 Å². The Morgan fingerprint density at radius 3 is 2.93 bits per heavy atom. The third kappa shape index (κ3) is 4.78. The van der Waals surface area contributed by atoms with E-state index in [-0.39, 0.29) is 23.8 Å². The highest BCUT2D eigenvalue weighted by Gasteiger charge is 2.35. The molecule has 0 aromatic carbocycles. The molecule has 0 bridgehead atoms. The smallest absolute Gasteiger partial charge is 0.245 e. The zero-order chi connectivity index (χ0) is 21.0. The SMILES string of the molecule is CCCCNC(=O)C1CCC(C)N(C(=O)C(C)n2c(-c3cccs3)n[nH]c2=S)C1. The van der Waals surface area contributed by atoms with Crippen molar-refractivity contribution in [2.45, 2.75) is 58.5 Å². The van der Waals surface area contributed by atoms with Crippen LogP contribution in [0, 0.1) is 10.7 Å². The predicted octanol–water partition coefficient (Wildman–Crippen LogP) is 3.77. The number of unbranched alkanes of at least 4 members (excludes halogenated alkanes) is 1. The lowest BCUT2D eigenvalue weighted by Crippen LogP contribution is -2.51. The molecule has 1 aliphatic rings. The molecule has 29 heavy (non-hydrogen) atoms. The van der Waals surface area contributed by atoms with Crippen molar-refractivity contribution in [3.8, 4) is 10.7 Å². The third-order valence-electron chi connectivity index (χ3n) is 5.56. The van der Waals surface area contributed by atoms with Crippen LogP contribution in [-0.4, -0.2) is 50.6 Å². The number of thiophene rings is 1. The highest BCUT2D eigenvalue weighted by atomic mass is 32.1. The molecule has 158 valence electrons. The molecule has 7 nitrogen and oxygen atoms in total. The molecule has 2 N–H and O–H groups in total. The van der Waals surface area contributed by atoms with Crippen molar-refractivity contribution in [3.63, 3.8) is 0 Å². The summed E-state index contributed by atoms with van der Waals surface area (Å²) in [5.74, 6) is 0.534. The predicted molar refractivity (Wildman–Crippen MR) is 117 cm³/mol. The van der Waals surface area contributed by atoms with E-state index >= 15 is 0 Å². The van der Waals surface area contributed by atoms with Crippen LogP contribution in [0.5, 0.6) is 0 Å². The van der Waals surface area contributed by atoms with Gasteiger partial charge < -0.3 is 10.2 Å². The average Bonchev–Trinajstić information content (AvgIpc) is 3.37. The molecule has 2 aromatic rings. The van der Waals surface area contributed by atoms with Gasteiger partial charge >= 0.3 is 0 Å². The van der Waals surface area contributed by atoms with E-state index in [0.29, 0.717) is 23.7 Å². The highest BCUT2D eigenvalue weighted by molar-refractivity contribution is 7.71. The summed E-state index contributed by atoms with van der Waals surface area (Å²) in [7, 11) is 0. The minimum atomic E-state index is -0.497. The van der Waals surface area contributed by atoms with E-state index in [2.05, 4.69) is 22.4 Å². The van der Waals surface area contributed by atoms with Crippen molar-refractivity contribution in [3.05, 3.63) is 22.3 Å². The van der Waals surface area contributed by atoms with E-state index in [0.717, 1.165) is 30.6 Å². The summed E-state index contributed by atoms with van der Waals surface area (Å²) in [5.41, 5.74) is 0. The second-order valence-corrected chi connectivity index (χ2v) is 8.97. The van der Waals surface area contributed by atoms with Crippen LogP contribution in [0.25, 0.3) is 10.7 Å². The number of hydrogen-bond acceptors (Lipinski definition) is 5. The van der Waals surface area contributed by atoms with E-state index in [4.69, 9.17) is 12.2 Å². The Balaban J connectivity index is 1.76. The number of piperidine rings is 1. The Kier molecular flexibility index (Phi) is 7.23. The van der Waals surface area contributed by atoms with Gasteiger partial charge in [-0.1, -0.05) is 19.4 Å². The first-order valence-electron chi connectivity index (χ1n) is 10.2.